The van der Waals surface area contributed by atoms with Gasteiger partial charge in [0, 0.05) is 38.9 Å². The van der Waals surface area contributed by atoms with E-state index in [0.717, 1.165) is 88.3 Å². The number of piperidine rings is 1. The number of benzene rings is 1. The fourth-order valence-corrected chi connectivity index (χ4v) is 4.34. The smallest absolute Gasteiger partial charge is 0.254 e. The minimum atomic E-state index is 0.165. The lowest BCUT2D eigenvalue weighted by Crippen LogP contribution is -2.44. The standard InChI is InChI=1S/C23H36N2O3/c1-18-6-7-19(2)22(15-18)23(26)25(17-21-5-4-13-28-21)16-20-8-10-24(11-9-20)12-14-27-3/h6-7,15,20-21H,4-5,8-14,16-17H2,1-3H3/t21-/m0/s1. The first-order valence-electron chi connectivity index (χ1n) is 10.8. The second kappa shape index (κ2) is 10.4. The summed E-state index contributed by atoms with van der Waals surface area (Å²) < 4.78 is 11.1. The molecule has 0 aliphatic carbocycles. The van der Waals surface area contributed by atoms with Crippen molar-refractivity contribution in [1.29, 1.82) is 0 Å². The van der Waals surface area contributed by atoms with Crippen LogP contribution in [0.2, 0.25) is 0 Å². The Bertz CT molecular complexity index is 635. The van der Waals surface area contributed by atoms with Gasteiger partial charge in [0.15, 0.2) is 0 Å². The summed E-state index contributed by atoms with van der Waals surface area (Å²) in [4.78, 5) is 18.0. The van der Waals surface area contributed by atoms with Gasteiger partial charge in [-0.1, -0.05) is 17.7 Å². The molecule has 1 aromatic rings. The SMILES string of the molecule is COCCN1CCC(CN(C[C@@H]2CCCO2)C(=O)c2cc(C)ccc2C)CC1. The van der Waals surface area contributed by atoms with Crippen molar-refractivity contribution in [2.75, 3.05) is 53.0 Å². The fourth-order valence-electron chi connectivity index (χ4n) is 4.34. The number of amides is 1. The molecule has 1 atom stereocenters. The Hall–Kier alpha value is -1.43. The summed E-state index contributed by atoms with van der Waals surface area (Å²) in [5.74, 6) is 0.729. The maximum absolute atomic E-state index is 13.4. The average molecular weight is 389 g/mol. The van der Waals surface area contributed by atoms with Crippen LogP contribution < -0.4 is 0 Å². The molecule has 0 radical (unpaired) electrons. The van der Waals surface area contributed by atoms with Crippen molar-refractivity contribution in [3.8, 4) is 0 Å². The molecule has 2 saturated heterocycles. The van der Waals surface area contributed by atoms with E-state index < -0.39 is 0 Å². The molecule has 0 saturated carbocycles. The first kappa shape index (κ1) is 21.3. The Balaban J connectivity index is 1.65. The number of hydrogen-bond acceptors (Lipinski definition) is 4. The number of carbonyl (C=O) groups is 1. The van der Waals surface area contributed by atoms with Crippen molar-refractivity contribution < 1.29 is 14.3 Å². The van der Waals surface area contributed by atoms with Crippen LogP contribution in [0.1, 0.15) is 47.2 Å². The third-order valence-corrected chi connectivity index (χ3v) is 6.16. The predicted molar refractivity (Wildman–Crippen MR) is 112 cm³/mol. The molecule has 2 aliphatic rings. The third-order valence-electron chi connectivity index (χ3n) is 6.16. The summed E-state index contributed by atoms with van der Waals surface area (Å²) in [7, 11) is 1.76. The second-order valence-electron chi connectivity index (χ2n) is 8.44. The van der Waals surface area contributed by atoms with Crippen LogP contribution in [0, 0.1) is 19.8 Å². The topological polar surface area (TPSA) is 42.0 Å². The van der Waals surface area contributed by atoms with Gasteiger partial charge in [-0.25, -0.2) is 0 Å². The Kier molecular flexibility index (Phi) is 7.89. The fraction of sp³-hybridized carbons (Fsp3) is 0.696. The van der Waals surface area contributed by atoms with Crippen LogP contribution in [0.3, 0.4) is 0 Å². The van der Waals surface area contributed by atoms with Gasteiger partial charge in [-0.05, 0) is 70.2 Å². The second-order valence-corrected chi connectivity index (χ2v) is 8.44. The van der Waals surface area contributed by atoms with Gasteiger partial charge >= 0.3 is 0 Å². The molecular formula is C23H36N2O3. The number of nitrogens with zero attached hydrogens (tertiary/aromatic N) is 2. The van der Waals surface area contributed by atoms with Gasteiger partial charge in [0.1, 0.15) is 0 Å². The van der Waals surface area contributed by atoms with Crippen LogP contribution in [-0.2, 0) is 9.47 Å². The van der Waals surface area contributed by atoms with Gasteiger partial charge in [0.25, 0.3) is 5.91 Å². The lowest BCUT2D eigenvalue weighted by Gasteiger charge is -2.35. The molecule has 0 aromatic heterocycles. The largest absolute Gasteiger partial charge is 0.383 e. The molecule has 0 N–H and O–H groups in total. The number of ether oxygens (including phenoxy) is 2. The minimum absolute atomic E-state index is 0.165. The highest BCUT2D eigenvalue weighted by molar-refractivity contribution is 5.95. The van der Waals surface area contributed by atoms with Gasteiger partial charge in [-0.2, -0.15) is 0 Å². The van der Waals surface area contributed by atoms with Crippen molar-refractivity contribution in [3.63, 3.8) is 0 Å². The zero-order valence-corrected chi connectivity index (χ0v) is 17.8. The monoisotopic (exact) mass is 388 g/mol. The summed E-state index contributed by atoms with van der Waals surface area (Å²) in [5.41, 5.74) is 3.04. The zero-order valence-electron chi connectivity index (χ0n) is 17.8. The van der Waals surface area contributed by atoms with Crippen LogP contribution >= 0.6 is 0 Å². The highest BCUT2D eigenvalue weighted by Crippen LogP contribution is 2.23. The summed E-state index contributed by atoms with van der Waals surface area (Å²) in [6.45, 7) is 10.5. The lowest BCUT2D eigenvalue weighted by atomic mass is 9.95. The molecule has 5 nitrogen and oxygen atoms in total. The number of hydrogen-bond donors (Lipinski definition) is 0. The van der Waals surface area contributed by atoms with Crippen molar-refractivity contribution in [3.05, 3.63) is 34.9 Å². The van der Waals surface area contributed by atoms with Gasteiger partial charge < -0.3 is 19.3 Å². The van der Waals surface area contributed by atoms with E-state index in [1.807, 2.05) is 13.0 Å². The van der Waals surface area contributed by atoms with E-state index in [1.165, 1.54) is 0 Å². The van der Waals surface area contributed by atoms with E-state index in [1.54, 1.807) is 7.11 Å². The van der Waals surface area contributed by atoms with Crippen LogP contribution in [0.4, 0.5) is 0 Å². The highest BCUT2D eigenvalue weighted by atomic mass is 16.5. The average Bonchev–Trinajstić information content (AvgIpc) is 3.21. The van der Waals surface area contributed by atoms with E-state index >= 15 is 0 Å². The highest BCUT2D eigenvalue weighted by Gasteiger charge is 2.28. The number of likely N-dealkylation sites (tertiary alicyclic amines) is 1. The molecule has 2 fully saturated rings. The molecular weight excluding hydrogens is 352 g/mol. The van der Waals surface area contributed by atoms with Gasteiger partial charge in [-0.15, -0.1) is 0 Å². The maximum atomic E-state index is 13.4. The van der Waals surface area contributed by atoms with Gasteiger partial charge in [-0.3, -0.25) is 4.79 Å². The minimum Gasteiger partial charge on any atom is -0.383 e. The summed E-state index contributed by atoms with van der Waals surface area (Å²) >= 11 is 0. The first-order valence-corrected chi connectivity index (χ1v) is 10.8. The quantitative estimate of drug-likeness (QED) is 0.685. The molecule has 5 heteroatoms. The Labute approximate surface area is 170 Å². The maximum Gasteiger partial charge on any atom is 0.254 e. The predicted octanol–water partition coefficient (Wildman–Crippen LogP) is 3.28. The molecule has 0 spiro atoms. The molecule has 28 heavy (non-hydrogen) atoms. The molecule has 2 aliphatic heterocycles. The molecule has 156 valence electrons. The van der Waals surface area contributed by atoms with Crippen molar-refractivity contribution in [2.45, 2.75) is 45.6 Å². The summed E-state index contributed by atoms with van der Waals surface area (Å²) in [6.07, 6.45) is 4.65. The van der Waals surface area contributed by atoms with E-state index in [-0.39, 0.29) is 12.0 Å². The molecule has 2 heterocycles. The third kappa shape index (κ3) is 5.79. The van der Waals surface area contributed by atoms with Crippen molar-refractivity contribution in [1.82, 2.24) is 9.80 Å². The Morgan fingerprint density at radius 1 is 1.21 bits per heavy atom. The van der Waals surface area contributed by atoms with Gasteiger partial charge in [0.2, 0.25) is 0 Å². The number of aryl methyl sites for hydroxylation is 2. The zero-order chi connectivity index (χ0) is 19.9. The van der Waals surface area contributed by atoms with Crippen LogP contribution in [-0.4, -0.2) is 74.9 Å². The number of methoxy groups -OCH3 is 1. The van der Waals surface area contributed by atoms with Crippen LogP contribution in [0.25, 0.3) is 0 Å². The van der Waals surface area contributed by atoms with Crippen LogP contribution in [0.5, 0.6) is 0 Å². The van der Waals surface area contributed by atoms with Gasteiger partial charge in [0.05, 0.1) is 12.7 Å². The van der Waals surface area contributed by atoms with E-state index in [9.17, 15) is 4.79 Å². The summed E-state index contributed by atoms with van der Waals surface area (Å²) in [5, 5.41) is 0. The van der Waals surface area contributed by atoms with E-state index in [2.05, 4.69) is 28.9 Å². The lowest BCUT2D eigenvalue weighted by molar-refractivity contribution is 0.0436. The molecule has 1 amide bonds. The van der Waals surface area contributed by atoms with Crippen molar-refractivity contribution >= 4 is 5.91 Å². The molecule has 0 unspecified atom stereocenters. The number of rotatable bonds is 8. The first-order chi connectivity index (χ1) is 13.6. The molecule has 1 aromatic carbocycles. The summed E-state index contributed by atoms with van der Waals surface area (Å²) in [6, 6.07) is 6.17. The Morgan fingerprint density at radius 3 is 2.68 bits per heavy atom. The van der Waals surface area contributed by atoms with Crippen molar-refractivity contribution in [2.24, 2.45) is 5.92 Å². The van der Waals surface area contributed by atoms with Crippen LogP contribution in [0.15, 0.2) is 18.2 Å². The Morgan fingerprint density at radius 2 is 2.00 bits per heavy atom. The van der Waals surface area contributed by atoms with E-state index in [0.29, 0.717) is 5.92 Å². The number of carbonyl (C=O) groups excluding carboxylic acids is 1. The van der Waals surface area contributed by atoms with E-state index in [4.69, 9.17) is 9.47 Å². The molecule has 0 bridgehead atoms. The normalized spacial score (nSPS) is 21.2. The molecule has 3 rings (SSSR count).